The molecule has 0 radical (unpaired) electrons. The number of ether oxygens (including phenoxy) is 2. The second-order valence-corrected chi connectivity index (χ2v) is 6.63. The van der Waals surface area contributed by atoms with Crippen LogP contribution in [-0.2, 0) is 16.0 Å². The molecule has 1 aliphatic heterocycles. The summed E-state index contributed by atoms with van der Waals surface area (Å²) in [5.41, 5.74) is 2.00. The Labute approximate surface area is 153 Å². The third-order valence-electron chi connectivity index (χ3n) is 4.64. The maximum absolute atomic E-state index is 13.1. The molecule has 1 heterocycles. The van der Waals surface area contributed by atoms with Crippen molar-refractivity contribution in [2.45, 2.75) is 32.0 Å². The van der Waals surface area contributed by atoms with Crippen LogP contribution in [-0.4, -0.2) is 37.1 Å². The first-order valence-corrected chi connectivity index (χ1v) is 8.87. The number of morpholine rings is 1. The van der Waals surface area contributed by atoms with Gasteiger partial charge in [-0.05, 0) is 48.7 Å². The molecule has 138 valence electrons. The molecule has 0 saturated carbocycles. The fraction of sp³-hybridized carbons (Fsp3) is 0.381. The van der Waals surface area contributed by atoms with Gasteiger partial charge in [0.25, 0.3) is 0 Å². The van der Waals surface area contributed by atoms with E-state index in [-0.39, 0.29) is 23.9 Å². The smallest absolute Gasteiger partial charge is 0.223 e. The van der Waals surface area contributed by atoms with E-state index in [2.05, 4.69) is 0 Å². The molecule has 2 atom stereocenters. The van der Waals surface area contributed by atoms with Crippen LogP contribution in [0, 0.1) is 5.82 Å². The lowest BCUT2D eigenvalue weighted by Gasteiger charge is -2.37. The highest BCUT2D eigenvalue weighted by Crippen LogP contribution is 2.26. The Morgan fingerprint density at radius 2 is 1.85 bits per heavy atom. The van der Waals surface area contributed by atoms with Gasteiger partial charge in [0, 0.05) is 13.0 Å². The molecular formula is C21H24FNO3. The van der Waals surface area contributed by atoms with E-state index in [1.54, 1.807) is 19.2 Å². The number of hydrogen-bond donors (Lipinski definition) is 0. The number of halogens is 1. The molecule has 0 aromatic heterocycles. The second kappa shape index (κ2) is 8.32. The van der Waals surface area contributed by atoms with Gasteiger partial charge in [-0.15, -0.1) is 0 Å². The van der Waals surface area contributed by atoms with Gasteiger partial charge in [0.2, 0.25) is 5.91 Å². The zero-order valence-corrected chi connectivity index (χ0v) is 15.2. The van der Waals surface area contributed by atoms with Gasteiger partial charge in [-0.1, -0.05) is 24.3 Å². The standard InChI is InChI=1S/C21H24FNO3/c1-15-13-23(14-20(26-15)17-6-8-18(22)9-7-17)21(24)12-5-16-3-10-19(25-2)11-4-16/h3-4,6-11,15,20H,5,12-14H2,1-2H3. The van der Waals surface area contributed by atoms with Crippen LogP contribution in [0.5, 0.6) is 5.75 Å². The molecular weight excluding hydrogens is 333 g/mol. The van der Waals surface area contributed by atoms with Crippen LogP contribution in [0.2, 0.25) is 0 Å². The van der Waals surface area contributed by atoms with Gasteiger partial charge in [0.05, 0.1) is 19.8 Å². The largest absolute Gasteiger partial charge is 0.497 e. The Balaban J connectivity index is 1.59. The predicted molar refractivity (Wildman–Crippen MR) is 97.6 cm³/mol. The summed E-state index contributed by atoms with van der Waals surface area (Å²) >= 11 is 0. The number of aryl methyl sites for hydroxylation is 1. The van der Waals surface area contributed by atoms with Crippen LogP contribution in [0.25, 0.3) is 0 Å². The van der Waals surface area contributed by atoms with Gasteiger partial charge >= 0.3 is 0 Å². The zero-order valence-electron chi connectivity index (χ0n) is 15.2. The summed E-state index contributed by atoms with van der Waals surface area (Å²) in [7, 11) is 1.63. The van der Waals surface area contributed by atoms with Gasteiger partial charge in [-0.3, -0.25) is 4.79 Å². The van der Waals surface area contributed by atoms with Crippen molar-refractivity contribution in [2.75, 3.05) is 20.2 Å². The summed E-state index contributed by atoms with van der Waals surface area (Å²) in [6.07, 6.45) is 0.873. The minimum Gasteiger partial charge on any atom is -0.497 e. The molecule has 0 N–H and O–H groups in total. The lowest BCUT2D eigenvalue weighted by molar-refractivity contribution is -0.144. The number of benzene rings is 2. The van der Waals surface area contributed by atoms with E-state index >= 15 is 0 Å². The highest BCUT2D eigenvalue weighted by Gasteiger charge is 2.29. The molecule has 1 saturated heterocycles. The van der Waals surface area contributed by atoms with Crippen LogP contribution in [0.3, 0.4) is 0 Å². The van der Waals surface area contributed by atoms with E-state index in [0.717, 1.165) is 16.9 Å². The summed E-state index contributed by atoms with van der Waals surface area (Å²) in [5.74, 6) is 0.650. The van der Waals surface area contributed by atoms with E-state index < -0.39 is 0 Å². The van der Waals surface area contributed by atoms with Gasteiger partial charge < -0.3 is 14.4 Å². The average molecular weight is 357 g/mol. The fourth-order valence-corrected chi connectivity index (χ4v) is 3.22. The number of methoxy groups -OCH3 is 1. The summed E-state index contributed by atoms with van der Waals surface area (Å²) < 4.78 is 24.2. The van der Waals surface area contributed by atoms with Crippen molar-refractivity contribution in [3.05, 3.63) is 65.5 Å². The Morgan fingerprint density at radius 3 is 2.50 bits per heavy atom. The minimum absolute atomic E-state index is 0.0521. The van der Waals surface area contributed by atoms with Crippen LogP contribution in [0.15, 0.2) is 48.5 Å². The molecule has 2 aromatic rings. The zero-order chi connectivity index (χ0) is 18.5. The molecule has 4 nitrogen and oxygen atoms in total. The molecule has 0 aliphatic carbocycles. The van der Waals surface area contributed by atoms with Gasteiger partial charge in [0.1, 0.15) is 17.7 Å². The number of carbonyl (C=O) groups is 1. The van der Waals surface area contributed by atoms with Crippen molar-refractivity contribution < 1.29 is 18.7 Å². The predicted octanol–water partition coefficient (Wildman–Crippen LogP) is 3.76. The highest BCUT2D eigenvalue weighted by molar-refractivity contribution is 5.76. The summed E-state index contributed by atoms with van der Waals surface area (Å²) in [6.45, 7) is 3.04. The molecule has 2 aromatic carbocycles. The van der Waals surface area contributed by atoms with Crippen LogP contribution >= 0.6 is 0 Å². The lowest BCUT2D eigenvalue weighted by atomic mass is 10.0. The van der Waals surface area contributed by atoms with E-state index in [9.17, 15) is 9.18 Å². The average Bonchev–Trinajstić information content (AvgIpc) is 2.66. The molecule has 26 heavy (non-hydrogen) atoms. The monoisotopic (exact) mass is 357 g/mol. The quantitative estimate of drug-likeness (QED) is 0.818. The number of rotatable bonds is 5. The van der Waals surface area contributed by atoms with Crippen molar-refractivity contribution in [1.29, 1.82) is 0 Å². The van der Waals surface area contributed by atoms with Crippen molar-refractivity contribution in [3.8, 4) is 5.75 Å². The number of nitrogens with zero attached hydrogens (tertiary/aromatic N) is 1. The fourth-order valence-electron chi connectivity index (χ4n) is 3.22. The van der Waals surface area contributed by atoms with Crippen LogP contribution in [0.4, 0.5) is 4.39 Å². The van der Waals surface area contributed by atoms with E-state index in [0.29, 0.717) is 25.9 Å². The maximum atomic E-state index is 13.1. The van der Waals surface area contributed by atoms with Crippen molar-refractivity contribution in [1.82, 2.24) is 4.90 Å². The Hall–Kier alpha value is -2.40. The molecule has 3 rings (SSSR count). The first-order chi connectivity index (χ1) is 12.5. The molecule has 1 aliphatic rings. The van der Waals surface area contributed by atoms with Gasteiger partial charge in [-0.25, -0.2) is 4.39 Å². The molecule has 5 heteroatoms. The van der Waals surface area contributed by atoms with Crippen LogP contribution < -0.4 is 4.74 Å². The first kappa shape index (κ1) is 18.4. The number of carbonyl (C=O) groups excluding carboxylic acids is 1. The topological polar surface area (TPSA) is 38.8 Å². The third kappa shape index (κ3) is 4.61. The van der Waals surface area contributed by atoms with E-state index in [1.165, 1.54) is 12.1 Å². The molecule has 0 spiro atoms. The number of amides is 1. The second-order valence-electron chi connectivity index (χ2n) is 6.63. The summed E-state index contributed by atoms with van der Waals surface area (Å²) in [4.78, 5) is 14.5. The SMILES string of the molecule is COc1ccc(CCC(=O)N2CC(C)OC(c3ccc(F)cc3)C2)cc1. The van der Waals surface area contributed by atoms with E-state index in [1.807, 2.05) is 36.1 Å². The van der Waals surface area contributed by atoms with Crippen LogP contribution in [0.1, 0.15) is 30.6 Å². The maximum Gasteiger partial charge on any atom is 0.223 e. The van der Waals surface area contributed by atoms with Gasteiger partial charge in [-0.2, -0.15) is 0 Å². The third-order valence-corrected chi connectivity index (χ3v) is 4.64. The van der Waals surface area contributed by atoms with Gasteiger partial charge in [0.15, 0.2) is 0 Å². The molecule has 0 bridgehead atoms. The minimum atomic E-state index is -0.273. The lowest BCUT2D eigenvalue weighted by Crippen LogP contribution is -2.46. The van der Waals surface area contributed by atoms with Crippen molar-refractivity contribution in [2.24, 2.45) is 0 Å². The van der Waals surface area contributed by atoms with Crippen molar-refractivity contribution in [3.63, 3.8) is 0 Å². The van der Waals surface area contributed by atoms with E-state index in [4.69, 9.17) is 9.47 Å². The van der Waals surface area contributed by atoms with Crippen molar-refractivity contribution >= 4 is 5.91 Å². The summed E-state index contributed by atoms with van der Waals surface area (Å²) in [6, 6.07) is 14.1. The summed E-state index contributed by atoms with van der Waals surface area (Å²) in [5, 5.41) is 0. The first-order valence-electron chi connectivity index (χ1n) is 8.87. The Morgan fingerprint density at radius 1 is 1.15 bits per heavy atom. The number of hydrogen-bond acceptors (Lipinski definition) is 3. The molecule has 1 fully saturated rings. The molecule has 2 unspecified atom stereocenters. The normalized spacial score (nSPS) is 20.0. The highest BCUT2D eigenvalue weighted by atomic mass is 19.1. The Kier molecular flexibility index (Phi) is 5.89. The molecule has 1 amide bonds. The Bertz CT molecular complexity index is 730.